The van der Waals surface area contributed by atoms with Crippen molar-refractivity contribution in [2.45, 2.75) is 11.3 Å². The van der Waals surface area contributed by atoms with Crippen molar-refractivity contribution < 1.29 is 13.2 Å². The van der Waals surface area contributed by atoms with E-state index in [1.165, 1.54) is 22.5 Å². The molecule has 7 nitrogen and oxygen atoms in total. The quantitative estimate of drug-likeness (QED) is 0.735. The monoisotopic (exact) mass is 294 g/mol. The highest BCUT2D eigenvalue weighted by Crippen LogP contribution is 2.28. The van der Waals surface area contributed by atoms with Crippen LogP contribution in [0.1, 0.15) is 12.0 Å². The number of anilines is 1. The van der Waals surface area contributed by atoms with E-state index in [9.17, 15) is 13.2 Å². The highest BCUT2D eigenvalue weighted by atomic mass is 32.2. The molecule has 0 spiro atoms. The van der Waals surface area contributed by atoms with E-state index in [4.69, 9.17) is 16.7 Å². The van der Waals surface area contributed by atoms with Crippen molar-refractivity contribution in [1.29, 1.82) is 5.26 Å². The van der Waals surface area contributed by atoms with E-state index in [0.29, 0.717) is 6.42 Å². The molecule has 0 aliphatic carbocycles. The number of carbonyl (C=O) groups is 1. The largest absolute Gasteiger partial charge is 0.398 e. The van der Waals surface area contributed by atoms with Gasteiger partial charge in [-0.2, -0.15) is 9.57 Å². The van der Waals surface area contributed by atoms with Crippen molar-refractivity contribution in [2.24, 2.45) is 11.7 Å². The molecule has 0 bridgehead atoms. The lowest BCUT2D eigenvalue weighted by Gasteiger charge is -2.17. The fourth-order valence-corrected chi connectivity index (χ4v) is 3.77. The van der Waals surface area contributed by atoms with Gasteiger partial charge in [-0.3, -0.25) is 4.79 Å². The minimum Gasteiger partial charge on any atom is -0.398 e. The average molecular weight is 294 g/mol. The zero-order chi connectivity index (χ0) is 14.9. The van der Waals surface area contributed by atoms with Crippen LogP contribution in [0.2, 0.25) is 0 Å². The maximum absolute atomic E-state index is 12.4. The van der Waals surface area contributed by atoms with Crippen molar-refractivity contribution in [3.8, 4) is 6.07 Å². The van der Waals surface area contributed by atoms with Crippen LogP contribution >= 0.6 is 0 Å². The number of hydrogen-bond acceptors (Lipinski definition) is 5. The Balaban J connectivity index is 2.33. The minimum absolute atomic E-state index is 0.0200. The number of rotatable bonds is 3. The van der Waals surface area contributed by atoms with E-state index < -0.39 is 21.8 Å². The lowest BCUT2D eigenvalue weighted by Crippen LogP contribution is -2.32. The Morgan fingerprint density at radius 3 is 2.65 bits per heavy atom. The topological polar surface area (TPSA) is 130 Å². The predicted molar refractivity (Wildman–Crippen MR) is 71.6 cm³/mol. The summed E-state index contributed by atoms with van der Waals surface area (Å²) in [5.74, 6) is -0.972. The van der Waals surface area contributed by atoms with Gasteiger partial charge < -0.3 is 11.5 Å². The summed E-state index contributed by atoms with van der Waals surface area (Å²) < 4.78 is 26.1. The second-order valence-corrected chi connectivity index (χ2v) is 6.52. The number of nitrogen functional groups attached to an aromatic ring is 1. The number of primary amides is 1. The van der Waals surface area contributed by atoms with Crippen molar-refractivity contribution in [2.75, 3.05) is 18.8 Å². The number of nitrogens with zero attached hydrogens (tertiary/aromatic N) is 2. The fraction of sp³-hybridized carbons (Fsp3) is 0.333. The Hall–Kier alpha value is -2.11. The zero-order valence-electron chi connectivity index (χ0n) is 10.6. The third-order valence-electron chi connectivity index (χ3n) is 3.31. The van der Waals surface area contributed by atoms with Gasteiger partial charge in [0.05, 0.1) is 23.2 Å². The molecule has 20 heavy (non-hydrogen) atoms. The predicted octanol–water partition coefficient (Wildman–Crippen LogP) is -0.364. The molecule has 1 aromatic rings. The molecule has 1 unspecified atom stereocenters. The second-order valence-electron chi connectivity index (χ2n) is 4.62. The standard InChI is InChI=1S/C12H14N4O3S/c13-6-8-1-2-11(10(14)5-8)20(18,19)16-4-3-9(7-16)12(15)17/h1-2,5,9H,3-4,7,14H2,(H2,15,17). The molecule has 0 aromatic heterocycles. The van der Waals surface area contributed by atoms with Crippen LogP contribution in [0, 0.1) is 17.2 Å². The van der Waals surface area contributed by atoms with E-state index in [2.05, 4.69) is 0 Å². The molecule has 0 radical (unpaired) electrons. The number of hydrogen-bond donors (Lipinski definition) is 2. The van der Waals surface area contributed by atoms with E-state index in [1.54, 1.807) is 0 Å². The van der Waals surface area contributed by atoms with Crippen LogP contribution in [0.4, 0.5) is 5.69 Å². The average Bonchev–Trinajstić information content (AvgIpc) is 2.88. The number of nitriles is 1. The van der Waals surface area contributed by atoms with Gasteiger partial charge in [0.25, 0.3) is 0 Å². The van der Waals surface area contributed by atoms with Crippen LogP contribution in [0.25, 0.3) is 0 Å². The van der Waals surface area contributed by atoms with Crippen molar-refractivity contribution in [3.05, 3.63) is 23.8 Å². The first-order valence-electron chi connectivity index (χ1n) is 5.95. The summed E-state index contributed by atoms with van der Waals surface area (Å²) in [5, 5.41) is 8.75. The molecule has 1 atom stereocenters. The van der Waals surface area contributed by atoms with Gasteiger partial charge in [-0.05, 0) is 24.6 Å². The maximum atomic E-state index is 12.4. The number of amides is 1. The lowest BCUT2D eigenvalue weighted by atomic mass is 10.1. The molecule has 4 N–H and O–H groups in total. The normalized spacial score (nSPS) is 19.6. The molecule has 0 saturated carbocycles. The highest BCUT2D eigenvalue weighted by Gasteiger charge is 2.35. The molecule has 1 aliphatic rings. The third-order valence-corrected chi connectivity index (χ3v) is 5.25. The molecule has 8 heteroatoms. The Bertz CT molecular complexity index is 693. The van der Waals surface area contributed by atoms with Gasteiger partial charge in [-0.15, -0.1) is 0 Å². The smallest absolute Gasteiger partial charge is 0.245 e. The number of nitrogens with two attached hydrogens (primary N) is 2. The van der Waals surface area contributed by atoms with Crippen LogP contribution in [-0.2, 0) is 14.8 Å². The summed E-state index contributed by atoms with van der Waals surface area (Å²) in [5.41, 5.74) is 11.2. The minimum atomic E-state index is -3.77. The van der Waals surface area contributed by atoms with Crippen molar-refractivity contribution in [1.82, 2.24) is 4.31 Å². The molecule has 1 heterocycles. The maximum Gasteiger partial charge on any atom is 0.245 e. The first-order valence-corrected chi connectivity index (χ1v) is 7.39. The first-order chi connectivity index (χ1) is 9.36. The number of carbonyl (C=O) groups excluding carboxylic acids is 1. The van der Waals surface area contributed by atoms with Crippen molar-refractivity contribution in [3.63, 3.8) is 0 Å². The molecular formula is C12H14N4O3S. The molecule has 1 aliphatic heterocycles. The summed E-state index contributed by atoms with van der Waals surface area (Å²) in [6.45, 7) is 0.298. The number of sulfonamides is 1. The SMILES string of the molecule is N#Cc1ccc(S(=O)(=O)N2CCC(C(N)=O)C2)c(N)c1. The van der Waals surface area contributed by atoms with Crippen LogP contribution in [-0.4, -0.2) is 31.7 Å². The Morgan fingerprint density at radius 1 is 1.45 bits per heavy atom. The lowest BCUT2D eigenvalue weighted by molar-refractivity contribution is -0.121. The van der Waals surface area contributed by atoms with Crippen LogP contribution < -0.4 is 11.5 Å². The highest BCUT2D eigenvalue weighted by molar-refractivity contribution is 7.89. The van der Waals surface area contributed by atoms with Gasteiger partial charge in [-0.25, -0.2) is 8.42 Å². The first kappa shape index (κ1) is 14.3. The van der Waals surface area contributed by atoms with Crippen LogP contribution in [0.3, 0.4) is 0 Å². The Kier molecular flexibility index (Phi) is 3.65. The Morgan fingerprint density at radius 2 is 2.15 bits per heavy atom. The van der Waals surface area contributed by atoms with Crippen molar-refractivity contribution >= 4 is 21.6 Å². The summed E-state index contributed by atoms with van der Waals surface area (Å²) in [7, 11) is -3.77. The summed E-state index contributed by atoms with van der Waals surface area (Å²) in [6, 6.07) is 5.90. The molecule has 1 fully saturated rings. The molecular weight excluding hydrogens is 280 g/mol. The second kappa shape index (κ2) is 5.11. The summed E-state index contributed by atoms with van der Waals surface area (Å²) >= 11 is 0. The van der Waals surface area contributed by atoms with E-state index >= 15 is 0 Å². The van der Waals surface area contributed by atoms with Gasteiger partial charge in [0, 0.05) is 13.1 Å². The zero-order valence-corrected chi connectivity index (χ0v) is 11.4. The molecule has 1 amide bonds. The third kappa shape index (κ3) is 2.45. The summed E-state index contributed by atoms with van der Waals surface area (Å²) in [4.78, 5) is 11.0. The van der Waals surface area contributed by atoms with Gasteiger partial charge in [0.15, 0.2) is 0 Å². The molecule has 2 rings (SSSR count). The van der Waals surface area contributed by atoms with Crippen LogP contribution in [0.15, 0.2) is 23.1 Å². The van der Waals surface area contributed by atoms with Gasteiger partial charge in [0.1, 0.15) is 4.90 Å². The fourth-order valence-electron chi connectivity index (χ4n) is 2.17. The molecule has 1 saturated heterocycles. The van der Waals surface area contributed by atoms with Gasteiger partial charge >= 0.3 is 0 Å². The molecule has 106 valence electrons. The Labute approximate surface area is 116 Å². The summed E-state index contributed by atoms with van der Waals surface area (Å²) in [6.07, 6.45) is 0.407. The van der Waals surface area contributed by atoms with Gasteiger partial charge in [0.2, 0.25) is 15.9 Å². The van der Waals surface area contributed by atoms with Gasteiger partial charge in [-0.1, -0.05) is 0 Å². The van der Waals surface area contributed by atoms with E-state index in [-0.39, 0.29) is 29.2 Å². The van der Waals surface area contributed by atoms with E-state index in [0.717, 1.165) is 0 Å². The van der Waals surface area contributed by atoms with E-state index in [1.807, 2.05) is 6.07 Å². The number of benzene rings is 1. The molecule has 1 aromatic carbocycles. The van der Waals surface area contributed by atoms with Crippen LogP contribution in [0.5, 0.6) is 0 Å².